The van der Waals surface area contributed by atoms with Crippen LogP contribution in [-0.2, 0) is 6.54 Å². The Morgan fingerprint density at radius 1 is 1.33 bits per heavy atom. The molecule has 3 N–H and O–H groups in total. The topological polar surface area (TPSA) is 115 Å². The molecular weight excluding hydrogens is 236 g/mol. The number of non-ortho nitro benzene ring substituents is 1. The van der Waals surface area contributed by atoms with Crippen molar-refractivity contribution in [1.82, 2.24) is 10.2 Å². The normalized spacial score (nSPS) is 10.3. The van der Waals surface area contributed by atoms with Gasteiger partial charge < -0.3 is 5.73 Å². The Hall–Kier alpha value is -2.54. The summed E-state index contributed by atoms with van der Waals surface area (Å²) < 4.78 is 0. The molecule has 0 aliphatic heterocycles. The summed E-state index contributed by atoms with van der Waals surface area (Å²) in [5, 5.41) is 16.7. The second-order valence-corrected chi connectivity index (χ2v) is 3.62. The van der Waals surface area contributed by atoms with E-state index in [1.165, 1.54) is 12.1 Å². The minimum atomic E-state index is -0.477. The van der Waals surface area contributed by atoms with Gasteiger partial charge >= 0.3 is 0 Å². The van der Waals surface area contributed by atoms with Crippen LogP contribution >= 0.6 is 0 Å². The van der Waals surface area contributed by atoms with E-state index in [-0.39, 0.29) is 17.8 Å². The zero-order valence-electron chi connectivity index (χ0n) is 9.29. The first-order chi connectivity index (χ1) is 8.61. The molecule has 1 heterocycles. The molecule has 0 aliphatic carbocycles. The van der Waals surface area contributed by atoms with Gasteiger partial charge in [-0.25, -0.2) is 5.10 Å². The fourth-order valence-corrected chi connectivity index (χ4v) is 1.50. The lowest BCUT2D eigenvalue weighted by Crippen LogP contribution is -2.17. The van der Waals surface area contributed by atoms with E-state index in [4.69, 9.17) is 5.73 Å². The molecule has 0 fully saturated rings. The maximum Gasteiger partial charge on any atom is 0.269 e. The lowest BCUT2D eigenvalue weighted by molar-refractivity contribution is -0.384. The van der Waals surface area contributed by atoms with Crippen LogP contribution in [0.4, 0.5) is 5.69 Å². The van der Waals surface area contributed by atoms with Gasteiger partial charge in [-0.3, -0.25) is 14.9 Å². The van der Waals surface area contributed by atoms with Crippen LogP contribution in [0.5, 0.6) is 0 Å². The monoisotopic (exact) mass is 246 g/mol. The second-order valence-electron chi connectivity index (χ2n) is 3.62. The average molecular weight is 246 g/mol. The lowest BCUT2D eigenvalue weighted by atomic mass is 10.1. The van der Waals surface area contributed by atoms with Crippen LogP contribution in [0.25, 0.3) is 11.3 Å². The molecular formula is C11H10N4O3. The molecule has 7 nitrogen and oxygen atoms in total. The van der Waals surface area contributed by atoms with E-state index in [2.05, 4.69) is 10.2 Å². The van der Waals surface area contributed by atoms with Crippen LogP contribution in [-0.4, -0.2) is 15.1 Å². The second kappa shape index (κ2) is 4.76. The van der Waals surface area contributed by atoms with Gasteiger partial charge in [0, 0.05) is 29.8 Å². The zero-order valence-corrected chi connectivity index (χ0v) is 9.29. The van der Waals surface area contributed by atoms with Crippen molar-refractivity contribution in [2.45, 2.75) is 6.54 Å². The van der Waals surface area contributed by atoms with Crippen molar-refractivity contribution in [2.24, 2.45) is 5.73 Å². The van der Waals surface area contributed by atoms with Gasteiger partial charge in [0.25, 0.3) is 11.2 Å². The van der Waals surface area contributed by atoms with Gasteiger partial charge in [0.05, 0.1) is 10.6 Å². The smallest absolute Gasteiger partial charge is 0.269 e. The Kier molecular flexibility index (Phi) is 3.16. The van der Waals surface area contributed by atoms with Crippen LogP contribution < -0.4 is 11.3 Å². The molecule has 0 spiro atoms. The quantitative estimate of drug-likeness (QED) is 0.614. The fraction of sp³-hybridized carbons (Fsp3) is 0.0909. The van der Waals surface area contributed by atoms with E-state index in [1.807, 2.05) is 0 Å². The molecule has 2 aromatic rings. The van der Waals surface area contributed by atoms with Gasteiger partial charge in [0.1, 0.15) is 0 Å². The number of rotatable bonds is 3. The summed E-state index contributed by atoms with van der Waals surface area (Å²) in [6, 6.07) is 7.46. The highest BCUT2D eigenvalue weighted by Crippen LogP contribution is 2.19. The van der Waals surface area contributed by atoms with E-state index in [0.717, 1.165) is 0 Å². The van der Waals surface area contributed by atoms with E-state index >= 15 is 0 Å². The molecule has 0 saturated carbocycles. The van der Waals surface area contributed by atoms with Gasteiger partial charge in [-0.05, 0) is 18.2 Å². The van der Waals surface area contributed by atoms with Crippen molar-refractivity contribution in [3.05, 3.63) is 56.4 Å². The van der Waals surface area contributed by atoms with E-state index in [1.54, 1.807) is 18.2 Å². The van der Waals surface area contributed by atoms with Crippen molar-refractivity contribution < 1.29 is 4.92 Å². The molecule has 2 rings (SSSR count). The van der Waals surface area contributed by atoms with E-state index in [9.17, 15) is 14.9 Å². The number of H-pyrrole nitrogens is 1. The van der Waals surface area contributed by atoms with Gasteiger partial charge in [-0.1, -0.05) is 0 Å². The highest BCUT2D eigenvalue weighted by Gasteiger charge is 2.07. The molecule has 0 radical (unpaired) electrons. The van der Waals surface area contributed by atoms with Crippen LogP contribution in [0.3, 0.4) is 0 Å². The molecule has 92 valence electrons. The summed E-state index contributed by atoms with van der Waals surface area (Å²) in [6.45, 7) is 0.109. The number of nitro benzene ring substituents is 1. The van der Waals surface area contributed by atoms with Gasteiger partial charge in [0.2, 0.25) is 0 Å². The van der Waals surface area contributed by atoms with Crippen LogP contribution in [0, 0.1) is 10.1 Å². The molecule has 0 unspecified atom stereocenters. The van der Waals surface area contributed by atoms with Crippen LogP contribution in [0.2, 0.25) is 0 Å². The third-order valence-corrected chi connectivity index (χ3v) is 2.47. The van der Waals surface area contributed by atoms with E-state index < -0.39 is 4.92 Å². The minimum Gasteiger partial charge on any atom is -0.326 e. The molecule has 0 aliphatic rings. The Morgan fingerprint density at radius 2 is 2.00 bits per heavy atom. The summed E-state index contributed by atoms with van der Waals surface area (Å²) in [7, 11) is 0. The SMILES string of the molecule is NCc1cc(-c2ccc([N+](=O)[O-])cc2)n[nH]c1=O. The number of nitro groups is 1. The molecule has 0 saturated heterocycles. The van der Waals surface area contributed by atoms with Crippen molar-refractivity contribution in [1.29, 1.82) is 0 Å². The van der Waals surface area contributed by atoms with Crippen molar-refractivity contribution in [3.8, 4) is 11.3 Å². The highest BCUT2D eigenvalue weighted by atomic mass is 16.6. The first-order valence-corrected chi connectivity index (χ1v) is 5.15. The van der Waals surface area contributed by atoms with Gasteiger partial charge in [-0.2, -0.15) is 5.10 Å². The van der Waals surface area contributed by atoms with Gasteiger partial charge in [0.15, 0.2) is 0 Å². The summed E-state index contributed by atoms with van der Waals surface area (Å²) in [6.07, 6.45) is 0. The molecule has 1 aromatic heterocycles. The van der Waals surface area contributed by atoms with Crippen LogP contribution in [0.15, 0.2) is 35.1 Å². The predicted molar refractivity (Wildman–Crippen MR) is 64.8 cm³/mol. The van der Waals surface area contributed by atoms with Crippen molar-refractivity contribution >= 4 is 5.69 Å². The number of nitrogens with zero attached hydrogens (tertiary/aromatic N) is 2. The molecule has 0 amide bonds. The van der Waals surface area contributed by atoms with Crippen molar-refractivity contribution in [2.75, 3.05) is 0 Å². The minimum absolute atomic E-state index is 0.00206. The van der Waals surface area contributed by atoms with Gasteiger partial charge in [-0.15, -0.1) is 0 Å². The number of aromatic amines is 1. The highest BCUT2D eigenvalue weighted by molar-refractivity contribution is 5.60. The number of hydrogen-bond acceptors (Lipinski definition) is 5. The molecule has 0 atom stereocenters. The number of hydrogen-bond donors (Lipinski definition) is 2. The maximum atomic E-state index is 11.3. The number of nitrogens with one attached hydrogen (secondary N) is 1. The third kappa shape index (κ3) is 2.25. The standard InChI is InChI=1S/C11H10N4O3/c12-6-8-5-10(13-14-11(8)16)7-1-3-9(4-2-7)15(17)18/h1-5H,6,12H2,(H,14,16). The number of aromatic nitrogens is 2. The summed E-state index contributed by atoms with van der Waals surface area (Å²) in [5.41, 5.74) is 6.70. The Balaban J connectivity index is 2.42. The molecule has 18 heavy (non-hydrogen) atoms. The zero-order chi connectivity index (χ0) is 13.1. The number of nitrogens with two attached hydrogens (primary N) is 1. The first kappa shape index (κ1) is 11.9. The first-order valence-electron chi connectivity index (χ1n) is 5.15. The van der Waals surface area contributed by atoms with Crippen LogP contribution in [0.1, 0.15) is 5.56 Å². The molecule has 7 heteroatoms. The summed E-state index contributed by atoms with van der Waals surface area (Å²) in [4.78, 5) is 21.3. The number of benzene rings is 1. The Labute approximate surface area is 101 Å². The molecule has 1 aromatic carbocycles. The lowest BCUT2D eigenvalue weighted by Gasteiger charge is -2.01. The maximum absolute atomic E-state index is 11.3. The largest absolute Gasteiger partial charge is 0.326 e. The Bertz CT molecular complexity index is 633. The summed E-state index contributed by atoms with van der Waals surface area (Å²) in [5.74, 6) is 0. The molecule has 0 bridgehead atoms. The Morgan fingerprint density at radius 3 is 2.56 bits per heavy atom. The van der Waals surface area contributed by atoms with Crippen molar-refractivity contribution in [3.63, 3.8) is 0 Å². The third-order valence-electron chi connectivity index (χ3n) is 2.47. The fourth-order valence-electron chi connectivity index (χ4n) is 1.50. The predicted octanol–water partition coefficient (Wildman–Crippen LogP) is 0.804. The summed E-state index contributed by atoms with van der Waals surface area (Å²) >= 11 is 0. The van der Waals surface area contributed by atoms with E-state index in [0.29, 0.717) is 16.8 Å². The average Bonchev–Trinajstić information content (AvgIpc) is 2.39.